The van der Waals surface area contributed by atoms with Gasteiger partial charge in [-0.25, -0.2) is 0 Å². The number of rotatable bonds is 5. The second kappa shape index (κ2) is 5.60. The summed E-state index contributed by atoms with van der Waals surface area (Å²) in [6, 6.07) is 0. The Morgan fingerprint density at radius 3 is 2.52 bits per heavy atom. The largest absolute Gasteiger partial charge is 0.361 e. The summed E-state index contributed by atoms with van der Waals surface area (Å²) >= 11 is 0. The average Bonchev–Trinajstić information content (AvgIpc) is 3.19. The molecular formula is C15H22N4O2. The van der Waals surface area contributed by atoms with Crippen LogP contribution in [0.4, 0.5) is 0 Å². The second-order valence-electron chi connectivity index (χ2n) is 5.79. The molecular weight excluding hydrogens is 268 g/mol. The van der Waals surface area contributed by atoms with E-state index in [-0.39, 0.29) is 0 Å². The standard InChI is InChI=1S/C15H22N4O2/c1-3-11-10(12(4-2)20-18-11)9-13-17-14(19-21-13)15(16)7-5-6-8-15/h3-9,16H2,1-2H3. The summed E-state index contributed by atoms with van der Waals surface area (Å²) in [4.78, 5) is 4.52. The molecule has 0 radical (unpaired) electrons. The van der Waals surface area contributed by atoms with Gasteiger partial charge in [0.05, 0.1) is 17.7 Å². The van der Waals surface area contributed by atoms with E-state index in [0.717, 1.165) is 55.5 Å². The number of nitrogens with two attached hydrogens (primary N) is 1. The highest BCUT2D eigenvalue weighted by Gasteiger charge is 2.36. The van der Waals surface area contributed by atoms with Gasteiger partial charge < -0.3 is 14.8 Å². The van der Waals surface area contributed by atoms with Crippen LogP contribution in [0.2, 0.25) is 0 Å². The minimum Gasteiger partial charge on any atom is -0.361 e. The highest BCUT2D eigenvalue weighted by molar-refractivity contribution is 5.26. The third kappa shape index (κ3) is 2.60. The molecule has 2 N–H and O–H groups in total. The van der Waals surface area contributed by atoms with Crippen LogP contribution < -0.4 is 5.73 Å². The maximum absolute atomic E-state index is 6.36. The maximum Gasteiger partial charge on any atom is 0.231 e. The van der Waals surface area contributed by atoms with Gasteiger partial charge in [-0.15, -0.1) is 0 Å². The Balaban J connectivity index is 1.83. The van der Waals surface area contributed by atoms with Crippen molar-refractivity contribution in [2.75, 3.05) is 0 Å². The molecule has 0 amide bonds. The molecule has 21 heavy (non-hydrogen) atoms. The summed E-state index contributed by atoms with van der Waals surface area (Å²) in [5.41, 5.74) is 8.00. The molecule has 0 unspecified atom stereocenters. The molecule has 114 valence electrons. The lowest BCUT2D eigenvalue weighted by Crippen LogP contribution is -2.34. The molecule has 0 bridgehead atoms. The Kier molecular flexibility index (Phi) is 3.80. The molecule has 1 fully saturated rings. The first-order valence-electron chi connectivity index (χ1n) is 7.74. The van der Waals surface area contributed by atoms with Gasteiger partial charge in [-0.2, -0.15) is 4.98 Å². The quantitative estimate of drug-likeness (QED) is 0.909. The van der Waals surface area contributed by atoms with Crippen LogP contribution in [-0.4, -0.2) is 15.3 Å². The van der Waals surface area contributed by atoms with E-state index in [1.54, 1.807) is 0 Å². The van der Waals surface area contributed by atoms with Gasteiger partial charge in [0.2, 0.25) is 5.89 Å². The predicted octanol–water partition coefficient (Wildman–Crippen LogP) is 2.50. The molecule has 0 atom stereocenters. The lowest BCUT2D eigenvalue weighted by Gasteiger charge is -2.17. The Morgan fingerprint density at radius 1 is 1.10 bits per heavy atom. The van der Waals surface area contributed by atoms with Crippen LogP contribution in [-0.2, 0) is 24.8 Å². The molecule has 0 saturated heterocycles. The average molecular weight is 290 g/mol. The highest BCUT2D eigenvalue weighted by atomic mass is 16.5. The fourth-order valence-corrected chi connectivity index (χ4v) is 3.05. The molecule has 6 heteroatoms. The first kappa shape index (κ1) is 14.3. The van der Waals surface area contributed by atoms with Gasteiger partial charge in [-0.1, -0.05) is 37.0 Å². The molecule has 0 spiro atoms. The van der Waals surface area contributed by atoms with E-state index in [4.69, 9.17) is 14.8 Å². The number of hydrogen-bond acceptors (Lipinski definition) is 6. The highest BCUT2D eigenvalue weighted by Crippen LogP contribution is 2.34. The van der Waals surface area contributed by atoms with Gasteiger partial charge in [-0.05, 0) is 19.3 Å². The summed E-state index contributed by atoms with van der Waals surface area (Å²) in [5, 5.41) is 8.21. The van der Waals surface area contributed by atoms with Crippen LogP contribution in [0.5, 0.6) is 0 Å². The molecule has 1 aliphatic carbocycles. The van der Waals surface area contributed by atoms with Crippen molar-refractivity contribution in [3.63, 3.8) is 0 Å². The van der Waals surface area contributed by atoms with E-state index >= 15 is 0 Å². The lowest BCUT2D eigenvalue weighted by molar-refractivity contribution is 0.351. The predicted molar refractivity (Wildman–Crippen MR) is 76.7 cm³/mol. The van der Waals surface area contributed by atoms with E-state index in [1.807, 2.05) is 0 Å². The Hall–Kier alpha value is -1.69. The molecule has 2 aromatic rings. The summed E-state index contributed by atoms with van der Waals surface area (Å²) in [7, 11) is 0. The number of nitrogens with zero attached hydrogens (tertiary/aromatic N) is 3. The van der Waals surface area contributed by atoms with Gasteiger partial charge in [0.25, 0.3) is 0 Å². The SMILES string of the molecule is CCc1noc(CC)c1Cc1nc(C2(N)CCCC2)no1. The van der Waals surface area contributed by atoms with Crippen molar-refractivity contribution in [3.8, 4) is 0 Å². The molecule has 3 rings (SSSR count). The first-order chi connectivity index (χ1) is 10.2. The molecule has 6 nitrogen and oxygen atoms in total. The van der Waals surface area contributed by atoms with Crippen LogP contribution in [0.25, 0.3) is 0 Å². The lowest BCUT2D eigenvalue weighted by atomic mass is 9.98. The Labute approximate surface area is 124 Å². The zero-order valence-corrected chi connectivity index (χ0v) is 12.7. The van der Waals surface area contributed by atoms with E-state index in [0.29, 0.717) is 18.1 Å². The summed E-state index contributed by atoms with van der Waals surface area (Å²) in [5.74, 6) is 2.13. The van der Waals surface area contributed by atoms with Crippen molar-refractivity contribution < 1.29 is 9.05 Å². The van der Waals surface area contributed by atoms with E-state index in [9.17, 15) is 0 Å². The van der Waals surface area contributed by atoms with Gasteiger partial charge in [0.1, 0.15) is 5.76 Å². The van der Waals surface area contributed by atoms with Crippen molar-refractivity contribution >= 4 is 0 Å². The van der Waals surface area contributed by atoms with E-state index in [1.165, 1.54) is 0 Å². The monoisotopic (exact) mass is 290 g/mol. The first-order valence-corrected chi connectivity index (χ1v) is 7.74. The zero-order valence-electron chi connectivity index (χ0n) is 12.7. The smallest absolute Gasteiger partial charge is 0.231 e. The summed E-state index contributed by atoms with van der Waals surface area (Å²) < 4.78 is 10.8. The third-order valence-electron chi connectivity index (χ3n) is 4.34. The van der Waals surface area contributed by atoms with Crippen LogP contribution >= 0.6 is 0 Å². The fourth-order valence-electron chi connectivity index (χ4n) is 3.05. The van der Waals surface area contributed by atoms with Gasteiger partial charge >= 0.3 is 0 Å². The summed E-state index contributed by atoms with van der Waals surface area (Å²) in [6.45, 7) is 4.11. The van der Waals surface area contributed by atoms with Crippen molar-refractivity contribution in [2.45, 2.75) is 64.3 Å². The van der Waals surface area contributed by atoms with Crippen molar-refractivity contribution in [1.82, 2.24) is 15.3 Å². The normalized spacial score (nSPS) is 17.5. The van der Waals surface area contributed by atoms with Gasteiger partial charge in [-0.3, -0.25) is 0 Å². The van der Waals surface area contributed by atoms with Gasteiger partial charge in [0.15, 0.2) is 5.82 Å². The molecule has 2 heterocycles. The van der Waals surface area contributed by atoms with Crippen molar-refractivity contribution in [1.29, 1.82) is 0 Å². The molecule has 0 aliphatic heterocycles. The maximum atomic E-state index is 6.36. The number of aromatic nitrogens is 3. The van der Waals surface area contributed by atoms with Crippen molar-refractivity contribution in [3.05, 3.63) is 28.7 Å². The topological polar surface area (TPSA) is 91.0 Å². The minimum atomic E-state index is -0.405. The van der Waals surface area contributed by atoms with Crippen LogP contribution in [0.3, 0.4) is 0 Å². The fraction of sp³-hybridized carbons (Fsp3) is 0.667. The van der Waals surface area contributed by atoms with E-state index < -0.39 is 5.54 Å². The second-order valence-corrected chi connectivity index (χ2v) is 5.79. The van der Waals surface area contributed by atoms with Crippen LogP contribution in [0.1, 0.15) is 68.3 Å². The number of hydrogen-bond donors (Lipinski definition) is 1. The van der Waals surface area contributed by atoms with Crippen molar-refractivity contribution in [2.24, 2.45) is 5.73 Å². The molecule has 1 aliphatic rings. The Bertz CT molecular complexity index is 589. The summed E-state index contributed by atoms with van der Waals surface area (Å²) in [6.07, 6.45) is 6.33. The van der Waals surface area contributed by atoms with Gasteiger partial charge in [0, 0.05) is 12.0 Å². The zero-order chi connectivity index (χ0) is 14.9. The number of aryl methyl sites for hydroxylation is 2. The Morgan fingerprint density at radius 2 is 1.86 bits per heavy atom. The molecule has 2 aromatic heterocycles. The van der Waals surface area contributed by atoms with Crippen LogP contribution in [0, 0.1) is 0 Å². The van der Waals surface area contributed by atoms with Crippen LogP contribution in [0.15, 0.2) is 9.05 Å². The molecule has 0 aromatic carbocycles. The van der Waals surface area contributed by atoms with E-state index in [2.05, 4.69) is 29.1 Å². The molecule has 1 saturated carbocycles. The minimum absolute atomic E-state index is 0.405. The third-order valence-corrected chi connectivity index (χ3v) is 4.34.